The summed E-state index contributed by atoms with van der Waals surface area (Å²) in [4.78, 5) is 17.7. The van der Waals surface area contributed by atoms with Crippen molar-refractivity contribution in [1.82, 2.24) is 9.88 Å². The van der Waals surface area contributed by atoms with Gasteiger partial charge in [-0.2, -0.15) is 26.3 Å². The van der Waals surface area contributed by atoms with Gasteiger partial charge in [-0.05, 0) is 30.3 Å². The summed E-state index contributed by atoms with van der Waals surface area (Å²) in [5.41, 5.74) is -3.66. The number of aromatic nitrogens is 1. The van der Waals surface area contributed by atoms with Crippen LogP contribution in [0, 0.1) is 0 Å². The van der Waals surface area contributed by atoms with Crippen LogP contribution in [0.1, 0.15) is 34.3 Å². The number of amides is 1. The maximum Gasteiger partial charge on any atom is 0.416 e. The van der Waals surface area contributed by atoms with Crippen LogP contribution >= 0.6 is 0 Å². The molecule has 1 saturated heterocycles. The average Bonchev–Trinajstić information content (AvgIpc) is 2.67. The van der Waals surface area contributed by atoms with Crippen LogP contribution in [-0.4, -0.2) is 35.0 Å². The summed E-state index contributed by atoms with van der Waals surface area (Å²) >= 11 is 0. The summed E-state index contributed by atoms with van der Waals surface area (Å²) in [6.45, 7) is 0.308. The van der Waals surface area contributed by atoms with E-state index < -0.39 is 35.0 Å². The molecule has 29 heavy (non-hydrogen) atoms. The van der Waals surface area contributed by atoms with Gasteiger partial charge in [-0.25, -0.2) is 0 Å². The summed E-state index contributed by atoms with van der Waals surface area (Å²) in [5.74, 6) is -0.327. The number of piperidine rings is 1. The lowest BCUT2D eigenvalue weighted by molar-refractivity contribution is -0.143. The number of carbonyl (C=O) groups excluding carboxylic acids is 1. The van der Waals surface area contributed by atoms with Gasteiger partial charge in [0.05, 0.1) is 17.3 Å². The van der Waals surface area contributed by atoms with Crippen LogP contribution < -0.4 is 4.74 Å². The Morgan fingerprint density at radius 3 is 2.07 bits per heavy atom. The van der Waals surface area contributed by atoms with E-state index in [1.807, 2.05) is 0 Å². The zero-order chi connectivity index (χ0) is 21.2. The standard InChI is InChI=1S/C19H16F6N2O2/c20-18(21,22)13-8-12(9-14(10-13)19(23,24)25)17(28)27-6-3-15(4-7-27)29-16-2-1-5-26-11-16/h1-2,5,8-11,15H,3-4,6-7H2. The number of alkyl halides is 6. The minimum absolute atomic E-state index is 0.00471. The predicted molar refractivity (Wildman–Crippen MR) is 90.2 cm³/mol. The van der Waals surface area contributed by atoms with E-state index in [0.29, 0.717) is 30.7 Å². The number of hydrogen-bond acceptors (Lipinski definition) is 3. The maximum absolute atomic E-state index is 13.0. The average molecular weight is 418 g/mol. The van der Waals surface area contributed by atoms with E-state index in [0.717, 1.165) is 0 Å². The highest BCUT2D eigenvalue weighted by atomic mass is 19.4. The first-order valence-electron chi connectivity index (χ1n) is 8.69. The van der Waals surface area contributed by atoms with Gasteiger partial charge in [0.2, 0.25) is 0 Å². The van der Waals surface area contributed by atoms with Crippen LogP contribution in [0.25, 0.3) is 0 Å². The predicted octanol–water partition coefficient (Wildman–Crippen LogP) is 4.80. The number of benzene rings is 1. The smallest absolute Gasteiger partial charge is 0.416 e. The first-order valence-corrected chi connectivity index (χ1v) is 8.69. The molecule has 1 aromatic heterocycles. The molecule has 0 unspecified atom stereocenters. The zero-order valence-electron chi connectivity index (χ0n) is 14.9. The Balaban J connectivity index is 1.73. The second-order valence-electron chi connectivity index (χ2n) is 6.59. The van der Waals surface area contributed by atoms with E-state index in [1.54, 1.807) is 18.3 Å². The molecule has 0 aliphatic carbocycles. The molecule has 10 heteroatoms. The molecule has 3 rings (SSSR count). The monoisotopic (exact) mass is 418 g/mol. The molecular weight excluding hydrogens is 402 g/mol. The van der Waals surface area contributed by atoms with Gasteiger partial charge in [-0.15, -0.1) is 0 Å². The van der Waals surface area contributed by atoms with Gasteiger partial charge in [0.25, 0.3) is 5.91 Å². The van der Waals surface area contributed by atoms with Crippen LogP contribution in [0.3, 0.4) is 0 Å². The third-order valence-electron chi connectivity index (χ3n) is 4.50. The lowest BCUT2D eigenvalue weighted by Gasteiger charge is -2.32. The molecule has 0 spiro atoms. The SMILES string of the molecule is O=C(c1cc(C(F)(F)F)cc(C(F)(F)F)c1)N1CCC(Oc2cccnc2)CC1. The Labute approximate surface area is 162 Å². The Morgan fingerprint density at radius 1 is 1.00 bits per heavy atom. The van der Waals surface area contributed by atoms with Crippen molar-refractivity contribution < 1.29 is 35.9 Å². The molecule has 0 saturated carbocycles. The number of carbonyl (C=O) groups is 1. The third kappa shape index (κ3) is 5.18. The van der Waals surface area contributed by atoms with Crippen LogP contribution in [0.5, 0.6) is 5.75 Å². The zero-order valence-corrected chi connectivity index (χ0v) is 14.9. The molecule has 1 aliphatic heterocycles. The van der Waals surface area contributed by atoms with Gasteiger partial charge in [0.1, 0.15) is 11.9 Å². The van der Waals surface area contributed by atoms with E-state index >= 15 is 0 Å². The Hall–Kier alpha value is -2.78. The number of hydrogen-bond donors (Lipinski definition) is 0. The molecule has 2 aromatic rings. The van der Waals surface area contributed by atoms with Crippen molar-refractivity contribution in [1.29, 1.82) is 0 Å². The Bertz CT molecular complexity index is 827. The summed E-state index contributed by atoms with van der Waals surface area (Å²) in [6.07, 6.45) is -6.33. The topological polar surface area (TPSA) is 42.4 Å². The lowest BCUT2D eigenvalue weighted by atomic mass is 10.0. The molecule has 0 bridgehead atoms. The fourth-order valence-corrected chi connectivity index (χ4v) is 3.05. The van der Waals surface area contributed by atoms with Crippen LogP contribution in [0.2, 0.25) is 0 Å². The molecule has 1 aromatic carbocycles. The lowest BCUT2D eigenvalue weighted by Crippen LogP contribution is -2.42. The van der Waals surface area contributed by atoms with Crippen molar-refractivity contribution in [2.24, 2.45) is 0 Å². The van der Waals surface area contributed by atoms with Crippen molar-refractivity contribution in [3.8, 4) is 5.75 Å². The van der Waals surface area contributed by atoms with Crippen molar-refractivity contribution in [2.75, 3.05) is 13.1 Å². The summed E-state index contributed by atoms with van der Waals surface area (Å²) in [5, 5.41) is 0. The molecule has 1 amide bonds. The molecule has 1 aliphatic rings. The molecule has 0 radical (unpaired) electrons. The summed E-state index contributed by atoms with van der Waals surface area (Å²) in [6, 6.07) is 4.32. The summed E-state index contributed by atoms with van der Waals surface area (Å²) < 4.78 is 83.6. The molecule has 156 valence electrons. The van der Waals surface area contributed by atoms with E-state index in [4.69, 9.17) is 4.74 Å². The van der Waals surface area contributed by atoms with Gasteiger partial charge in [0, 0.05) is 37.7 Å². The van der Waals surface area contributed by atoms with Gasteiger partial charge in [0.15, 0.2) is 0 Å². The van der Waals surface area contributed by atoms with E-state index in [9.17, 15) is 31.1 Å². The molecule has 1 fully saturated rings. The first-order chi connectivity index (χ1) is 13.5. The largest absolute Gasteiger partial charge is 0.489 e. The van der Waals surface area contributed by atoms with E-state index in [2.05, 4.69) is 4.98 Å². The van der Waals surface area contributed by atoms with Crippen molar-refractivity contribution >= 4 is 5.91 Å². The highest BCUT2D eigenvalue weighted by molar-refractivity contribution is 5.94. The number of likely N-dealkylation sites (tertiary alicyclic amines) is 1. The molecule has 0 N–H and O–H groups in total. The second-order valence-corrected chi connectivity index (χ2v) is 6.59. The second kappa shape index (κ2) is 7.92. The van der Waals surface area contributed by atoms with E-state index in [-0.39, 0.29) is 25.3 Å². The van der Waals surface area contributed by atoms with Crippen molar-refractivity contribution in [3.63, 3.8) is 0 Å². The Morgan fingerprint density at radius 2 is 1.59 bits per heavy atom. The van der Waals surface area contributed by atoms with Crippen LogP contribution in [-0.2, 0) is 12.4 Å². The fraction of sp³-hybridized carbons (Fsp3) is 0.368. The first kappa shape index (κ1) is 20.9. The number of ether oxygens (including phenoxy) is 1. The number of rotatable bonds is 3. The van der Waals surface area contributed by atoms with Crippen LogP contribution in [0.15, 0.2) is 42.7 Å². The quantitative estimate of drug-likeness (QED) is 0.673. The van der Waals surface area contributed by atoms with Gasteiger partial charge >= 0.3 is 12.4 Å². The highest BCUT2D eigenvalue weighted by Crippen LogP contribution is 2.36. The van der Waals surface area contributed by atoms with Crippen molar-refractivity contribution in [2.45, 2.75) is 31.3 Å². The van der Waals surface area contributed by atoms with Crippen molar-refractivity contribution in [3.05, 3.63) is 59.4 Å². The fourth-order valence-electron chi connectivity index (χ4n) is 3.05. The van der Waals surface area contributed by atoms with Gasteiger partial charge in [-0.1, -0.05) is 0 Å². The van der Waals surface area contributed by atoms with Gasteiger partial charge < -0.3 is 9.64 Å². The highest BCUT2D eigenvalue weighted by Gasteiger charge is 2.38. The summed E-state index contributed by atoms with van der Waals surface area (Å²) in [7, 11) is 0. The molecule has 0 atom stereocenters. The Kier molecular flexibility index (Phi) is 5.72. The molecule has 4 nitrogen and oxygen atoms in total. The third-order valence-corrected chi connectivity index (χ3v) is 4.50. The minimum atomic E-state index is -5.00. The van der Waals surface area contributed by atoms with Crippen LogP contribution in [0.4, 0.5) is 26.3 Å². The van der Waals surface area contributed by atoms with Gasteiger partial charge in [-0.3, -0.25) is 9.78 Å². The normalized spacial score (nSPS) is 16.0. The minimum Gasteiger partial charge on any atom is -0.489 e. The number of nitrogens with zero attached hydrogens (tertiary/aromatic N) is 2. The number of pyridine rings is 1. The molecular formula is C19H16F6N2O2. The molecule has 2 heterocycles. The van der Waals surface area contributed by atoms with E-state index in [1.165, 1.54) is 11.1 Å². The number of halogens is 6. The maximum atomic E-state index is 13.0.